The van der Waals surface area contributed by atoms with E-state index in [2.05, 4.69) is 27.7 Å². The Bertz CT molecular complexity index is 257. The van der Waals surface area contributed by atoms with Gasteiger partial charge in [0.15, 0.2) is 5.90 Å². The van der Waals surface area contributed by atoms with Gasteiger partial charge in [-0.25, -0.2) is 0 Å². The Morgan fingerprint density at radius 3 is 1.17 bits per heavy atom. The van der Waals surface area contributed by atoms with E-state index in [9.17, 15) is 0 Å². The summed E-state index contributed by atoms with van der Waals surface area (Å²) in [5.41, 5.74) is 4.37. The molecule has 0 spiro atoms. The Labute approximate surface area is 169 Å². The lowest BCUT2D eigenvalue weighted by Crippen LogP contribution is -3.00. The molecule has 0 bridgehead atoms. The molecule has 140 valence electrons. The van der Waals surface area contributed by atoms with Crippen LogP contribution >= 0.6 is 15.8 Å². The van der Waals surface area contributed by atoms with Crippen LogP contribution in [0.4, 0.5) is 0 Å². The molecule has 0 aromatic carbocycles. The van der Waals surface area contributed by atoms with Crippen molar-refractivity contribution in [3.05, 3.63) is 0 Å². The molecule has 2 aliphatic rings. The second-order valence-corrected chi connectivity index (χ2v) is 16.0. The van der Waals surface area contributed by atoms with E-state index in [-0.39, 0.29) is 49.8 Å². The van der Waals surface area contributed by atoms with E-state index in [0.29, 0.717) is 0 Å². The maximum Gasteiger partial charge on any atom is 0.156 e. The Morgan fingerprint density at radius 2 is 0.913 bits per heavy atom. The quantitative estimate of drug-likeness (QED) is 0.485. The van der Waals surface area contributed by atoms with E-state index >= 15 is 0 Å². The summed E-state index contributed by atoms with van der Waals surface area (Å²) in [5.74, 6) is 1.74. The number of hydrogen-bond acceptors (Lipinski definition) is 0. The van der Waals surface area contributed by atoms with Gasteiger partial charge in [0.25, 0.3) is 0 Å². The molecular formula is C19H40Br2P2. The number of halogens is 2. The van der Waals surface area contributed by atoms with E-state index in [1.165, 1.54) is 24.2 Å². The molecule has 0 N–H and O–H groups in total. The first kappa shape index (κ1) is 24.8. The summed E-state index contributed by atoms with van der Waals surface area (Å²) < 4.78 is 0. The van der Waals surface area contributed by atoms with Crippen LogP contribution < -0.4 is 34.0 Å². The summed E-state index contributed by atoms with van der Waals surface area (Å²) in [7, 11) is -0.217. The van der Waals surface area contributed by atoms with Crippen molar-refractivity contribution in [1.29, 1.82) is 0 Å². The van der Waals surface area contributed by atoms with E-state index in [0.717, 1.165) is 11.3 Å². The van der Waals surface area contributed by atoms with E-state index in [1.807, 2.05) is 0 Å². The van der Waals surface area contributed by atoms with Crippen molar-refractivity contribution in [3.63, 3.8) is 0 Å². The van der Waals surface area contributed by atoms with Crippen molar-refractivity contribution < 1.29 is 34.0 Å². The molecule has 2 fully saturated rings. The highest BCUT2D eigenvalue weighted by Crippen LogP contribution is 2.64. The van der Waals surface area contributed by atoms with Gasteiger partial charge in [-0.15, -0.1) is 0 Å². The summed E-state index contributed by atoms with van der Waals surface area (Å²) in [5, 5.41) is 0. The fourth-order valence-corrected chi connectivity index (χ4v) is 16.5. The Balaban J connectivity index is 0.00000242. The summed E-state index contributed by atoms with van der Waals surface area (Å²) in [6, 6.07) is 0. The Hall–Kier alpha value is 1.82. The minimum absolute atomic E-state index is 0. The van der Waals surface area contributed by atoms with Crippen LogP contribution in [0.3, 0.4) is 0 Å². The molecule has 0 saturated heterocycles. The molecule has 2 saturated carbocycles. The molecule has 0 amide bonds. The molecule has 2 rings (SSSR count). The van der Waals surface area contributed by atoms with E-state index in [1.54, 1.807) is 57.3 Å². The van der Waals surface area contributed by atoms with Crippen LogP contribution in [0.1, 0.15) is 91.9 Å². The minimum Gasteiger partial charge on any atom is -1.00 e. The maximum absolute atomic E-state index is 2.56. The topological polar surface area (TPSA) is 0 Å². The largest absolute Gasteiger partial charge is 1.00 e. The van der Waals surface area contributed by atoms with Crippen LogP contribution in [0.5, 0.6) is 0 Å². The lowest BCUT2D eigenvalue weighted by atomic mass is 10.0. The Morgan fingerprint density at radius 1 is 0.609 bits per heavy atom. The van der Waals surface area contributed by atoms with Gasteiger partial charge in [0.05, 0.1) is 22.6 Å². The van der Waals surface area contributed by atoms with Crippen molar-refractivity contribution in [2.75, 3.05) is 5.90 Å². The summed E-state index contributed by atoms with van der Waals surface area (Å²) in [4.78, 5) is 0. The SMILES string of the molecule is CC(C)[PH+](C[PH+](C(C)C)C1CCCCC1)C1CCCCC1.[Br-].[Br-]. The highest BCUT2D eigenvalue weighted by molar-refractivity contribution is 7.76. The maximum atomic E-state index is 2.56. The van der Waals surface area contributed by atoms with E-state index < -0.39 is 0 Å². The van der Waals surface area contributed by atoms with Gasteiger partial charge in [-0.1, -0.05) is 12.8 Å². The second kappa shape index (κ2) is 13.1. The van der Waals surface area contributed by atoms with Crippen LogP contribution in [0, 0.1) is 0 Å². The predicted molar refractivity (Wildman–Crippen MR) is 106 cm³/mol. The molecule has 0 aromatic heterocycles. The highest BCUT2D eigenvalue weighted by Gasteiger charge is 2.42. The van der Waals surface area contributed by atoms with Gasteiger partial charge < -0.3 is 34.0 Å². The first-order chi connectivity index (χ1) is 10.1. The highest BCUT2D eigenvalue weighted by atomic mass is 79.9. The molecule has 0 nitrogen and oxygen atoms in total. The number of hydrogen-bond donors (Lipinski definition) is 0. The van der Waals surface area contributed by atoms with Crippen LogP contribution in [0.25, 0.3) is 0 Å². The third-order valence-corrected chi connectivity index (χ3v) is 15.6. The third-order valence-electron chi connectivity index (χ3n) is 6.15. The van der Waals surface area contributed by atoms with Gasteiger partial charge in [-0.2, -0.15) is 0 Å². The van der Waals surface area contributed by atoms with Gasteiger partial charge >= 0.3 is 0 Å². The minimum atomic E-state index is -0.109. The molecule has 0 heterocycles. The monoisotopic (exact) mass is 488 g/mol. The van der Waals surface area contributed by atoms with Crippen LogP contribution in [-0.4, -0.2) is 28.5 Å². The molecule has 0 radical (unpaired) electrons. The predicted octanol–water partition coefficient (Wildman–Crippen LogP) is 0.863. The normalized spacial score (nSPS) is 23.2. The average Bonchev–Trinajstić information content (AvgIpc) is 2.49. The van der Waals surface area contributed by atoms with Gasteiger partial charge in [0, 0.05) is 15.8 Å². The Kier molecular flexibility index (Phi) is 14.1. The zero-order valence-electron chi connectivity index (χ0n) is 15.8. The second-order valence-electron chi connectivity index (χ2n) is 8.31. The van der Waals surface area contributed by atoms with Gasteiger partial charge in [-0.3, -0.25) is 0 Å². The number of rotatable bonds is 6. The lowest BCUT2D eigenvalue weighted by Gasteiger charge is -2.32. The molecular weight excluding hydrogens is 450 g/mol. The summed E-state index contributed by atoms with van der Waals surface area (Å²) >= 11 is 0. The molecule has 2 atom stereocenters. The summed E-state index contributed by atoms with van der Waals surface area (Å²) in [6.45, 7) is 10.2. The van der Waals surface area contributed by atoms with Crippen molar-refractivity contribution in [2.45, 2.75) is 115 Å². The average molecular weight is 490 g/mol. The fourth-order valence-electron chi connectivity index (χ4n) is 4.82. The molecule has 4 heteroatoms. The zero-order chi connectivity index (χ0) is 15.2. The molecule has 23 heavy (non-hydrogen) atoms. The first-order valence-electron chi connectivity index (χ1n) is 9.80. The van der Waals surface area contributed by atoms with Crippen molar-refractivity contribution in [2.24, 2.45) is 0 Å². The fraction of sp³-hybridized carbons (Fsp3) is 1.00. The van der Waals surface area contributed by atoms with Crippen molar-refractivity contribution in [3.8, 4) is 0 Å². The molecule has 2 unspecified atom stereocenters. The zero-order valence-corrected chi connectivity index (χ0v) is 21.0. The van der Waals surface area contributed by atoms with Gasteiger partial charge in [0.1, 0.15) is 0 Å². The van der Waals surface area contributed by atoms with Crippen LogP contribution in [-0.2, 0) is 0 Å². The van der Waals surface area contributed by atoms with Crippen molar-refractivity contribution >= 4 is 15.8 Å². The van der Waals surface area contributed by atoms with E-state index in [4.69, 9.17) is 0 Å². The molecule has 2 aliphatic carbocycles. The van der Waals surface area contributed by atoms with Crippen LogP contribution in [0.2, 0.25) is 0 Å². The third kappa shape index (κ3) is 7.93. The molecule has 0 aromatic rings. The smallest absolute Gasteiger partial charge is 0.156 e. The van der Waals surface area contributed by atoms with Gasteiger partial charge in [0.2, 0.25) is 0 Å². The lowest BCUT2D eigenvalue weighted by molar-refractivity contribution is -0.001000. The van der Waals surface area contributed by atoms with Crippen molar-refractivity contribution in [1.82, 2.24) is 0 Å². The molecule has 0 aliphatic heterocycles. The van der Waals surface area contributed by atoms with Gasteiger partial charge in [-0.05, 0) is 79.1 Å². The standard InChI is InChI=1S/C19H38P2.2BrH/c1-16(2)20(18-11-7-5-8-12-18)15-21(17(3)4)19-13-9-6-10-14-19;;/h16-19H,5-15H2,1-4H3;2*1H. The first-order valence-corrected chi connectivity index (χ1v) is 13.5. The van der Waals surface area contributed by atoms with Crippen LogP contribution in [0.15, 0.2) is 0 Å². The summed E-state index contributed by atoms with van der Waals surface area (Å²) in [6.07, 6.45) is 15.6.